The summed E-state index contributed by atoms with van der Waals surface area (Å²) in [7, 11) is 3.19. The lowest BCUT2D eigenvalue weighted by atomic mass is 10.0. The first-order chi connectivity index (χ1) is 16.0. The van der Waals surface area contributed by atoms with Crippen LogP contribution in [0.2, 0.25) is 0 Å². The average Bonchev–Trinajstić information content (AvgIpc) is 3.28. The van der Waals surface area contributed by atoms with E-state index in [1.807, 2.05) is 15.2 Å². The molecule has 0 saturated heterocycles. The highest BCUT2D eigenvalue weighted by atomic mass is 32.1. The van der Waals surface area contributed by atoms with Crippen LogP contribution in [0, 0.1) is 5.82 Å². The summed E-state index contributed by atoms with van der Waals surface area (Å²) in [6.07, 6.45) is 0.893. The number of hydrogen-bond donors (Lipinski definition) is 1. The van der Waals surface area contributed by atoms with Gasteiger partial charge in [-0.05, 0) is 54.1 Å². The second-order valence-corrected chi connectivity index (χ2v) is 9.11. The number of methoxy groups -OCH3 is 2. The van der Waals surface area contributed by atoms with Gasteiger partial charge < -0.3 is 24.2 Å². The molecular formula is C24H33FN2O5S. The molecule has 1 aliphatic rings. The van der Waals surface area contributed by atoms with Crippen LogP contribution < -0.4 is 4.74 Å². The molecule has 7 nitrogen and oxygen atoms in total. The van der Waals surface area contributed by atoms with Crippen LogP contribution in [0.25, 0.3) is 0 Å². The number of ether oxygens (including phenoxy) is 3. The Hall–Kier alpha value is -2.04. The van der Waals surface area contributed by atoms with Crippen LogP contribution in [-0.2, 0) is 20.7 Å². The molecule has 2 atom stereocenters. The van der Waals surface area contributed by atoms with E-state index < -0.39 is 6.10 Å². The fourth-order valence-electron chi connectivity index (χ4n) is 4.07. The van der Waals surface area contributed by atoms with Gasteiger partial charge in [0.2, 0.25) is 5.91 Å². The third kappa shape index (κ3) is 7.48. The minimum absolute atomic E-state index is 0.0124. The summed E-state index contributed by atoms with van der Waals surface area (Å²) < 4.78 is 29.4. The van der Waals surface area contributed by atoms with Crippen LogP contribution in [0.15, 0.2) is 35.7 Å². The van der Waals surface area contributed by atoms with E-state index in [0.717, 1.165) is 18.4 Å². The number of thiophene rings is 1. The minimum Gasteiger partial charge on any atom is -0.491 e. The summed E-state index contributed by atoms with van der Waals surface area (Å²) in [5.41, 5.74) is 1.10. The zero-order chi connectivity index (χ0) is 23.6. The molecule has 1 N–H and O–H groups in total. The number of halogens is 1. The van der Waals surface area contributed by atoms with Crippen LogP contribution in [0.3, 0.4) is 0 Å². The third-order valence-electron chi connectivity index (χ3n) is 5.65. The number of benzene rings is 1. The number of fused-ring (bicyclic) bond motifs is 1. The molecule has 1 amide bonds. The van der Waals surface area contributed by atoms with Crippen molar-refractivity contribution in [1.82, 2.24) is 9.80 Å². The quantitative estimate of drug-likeness (QED) is 0.445. The highest BCUT2D eigenvalue weighted by Crippen LogP contribution is 2.34. The van der Waals surface area contributed by atoms with Gasteiger partial charge in [0.25, 0.3) is 0 Å². The van der Waals surface area contributed by atoms with Crippen LogP contribution in [0.4, 0.5) is 4.39 Å². The van der Waals surface area contributed by atoms with Crippen LogP contribution in [-0.4, -0.2) is 87.1 Å². The number of rotatable bonds is 13. The van der Waals surface area contributed by atoms with Gasteiger partial charge in [-0.2, -0.15) is 0 Å². The lowest BCUT2D eigenvalue weighted by molar-refractivity contribution is -0.136. The molecule has 0 radical (unpaired) electrons. The Morgan fingerprint density at radius 1 is 1.27 bits per heavy atom. The maximum Gasteiger partial charge on any atom is 0.237 e. The third-order valence-corrected chi connectivity index (χ3v) is 6.64. The summed E-state index contributed by atoms with van der Waals surface area (Å²) in [6, 6.07) is 7.73. The van der Waals surface area contributed by atoms with E-state index in [1.165, 1.54) is 17.0 Å². The number of carbonyl (C=O) groups is 1. The molecule has 2 heterocycles. The van der Waals surface area contributed by atoms with E-state index in [9.17, 15) is 14.3 Å². The maximum absolute atomic E-state index is 13.4. The Balaban J connectivity index is 1.69. The SMILES string of the molecule is COCCCN(CC(=O)N1CCc2sccc2[C@@H]1COc1ccc(F)cc1)C[C@H](O)COC. The van der Waals surface area contributed by atoms with Gasteiger partial charge >= 0.3 is 0 Å². The predicted molar refractivity (Wildman–Crippen MR) is 125 cm³/mol. The number of aliphatic hydroxyl groups is 1. The molecule has 0 bridgehead atoms. The van der Waals surface area contributed by atoms with Gasteiger partial charge in [-0.3, -0.25) is 9.69 Å². The Labute approximate surface area is 198 Å². The molecule has 0 unspecified atom stereocenters. The monoisotopic (exact) mass is 480 g/mol. The summed E-state index contributed by atoms with van der Waals surface area (Å²) in [5.74, 6) is 0.234. The van der Waals surface area contributed by atoms with Gasteiger partial charge in [-0.1, -0.05) is 0 Å². The summed E-state index contributed by atoms with van der Waals surface area (Å²) in [4.78, 5) is 18.5. The first-order valence-corrected chi connectivity index (χ1v) is 12.0. The van der Waals surface area contributed by atoms with E-state index in [-0.39, 0.29) is 37.5 Å². The van der Waals surface area contributed by atoms with Crippen molar-refractivity contribution < 1.29 is 28.5 Å². The first-order valence-electron chi connectivity index (χ1n) is 11.1. The molecule has 1 aliphatic heterocycles. The van der Waals surface area contributed by atoms with Crippen molar-refractivity contribution in [3.63, 3.8) is 0 Å². The molecule has 1 aromatic heterocycles. The van der Waals surface area contributed by atoms with Crippen LogP contribution in [0.5, 0.6) is 5.75 Å². The number of aliphatic hydroxyl groups excluding tert-OH is 1. The van der Waals surface area contributed by atoms with E-state index in [2.05, 4.69) is 6.07 Å². The molecule has 2 aromatic rings. The number of nitrogens with zero attached hydrogens (tertiary/aromatic N) is 2. The minimum atomic E-state index is -0.673. The molecule has 0 fully saturated rings. The molecule has 0 saturated carbocycles. The van der Waals surface area contributed by atoms with Gasteiger partial charge in [0.15, 0.2) is 0 Å². The first kappa shape index (κ1) is 25.6. The van der Waals surface area contributed by atoms with Gasteiger partial charge in [0.05, 0.1) is 25.3 Å². The van der Waals surface area contributed by atoms with E-state index >= 15 is 0 Å². The van der Waals surface area contributed by atoms with Crippen molar-refractivity contribution in [2.75, 3.05) is 60.2 Å². The van der Waals surface area contributed by atoms with Gasteiger partial charge in [0.1, 0.15) is 18.2 Å². The number of hydrogen-bond acceptors (Lipinski definition) is 7. The van der Waals surface area contributed by atoms with Crippen molar-refractivity contribution in [1.29, 1.82) is 0 Å². The largest absolute Gasteiger partial charge is 0.491 e. The zero-order valence-electron chi connectivity index (χ0n) is 19.2. The van der Waals surface area contributed by atoms with Crippen molar-refractivity contribution in [3.8, 4) is 5.75 Å². The summed E-state index contributed by atoms with van der Waals surface area (Å²) in [5, 5.41) is 12.3. The standard InChI is InChI=1S/C24H33FN2O5S/c1-30-12-3-10-26(14-19(28)16-31-2)15-24(29)27-11-8-23-21(9-13-33-23)22(27)17-32-20-6-4-18(25)5-7-20/h4-7,9,13,19,22,28H,3,8,10-12,14-17H2,1-2H3/t19-,22-/m0/s1. The fourth-order valence-corrected chi connectivity index (χ4v) is 5.00. The van der Waals surface area contributed by atoms with Gasteiger partial charge in [-0.15, -0.1) is 11.3 Å². The second kappa shape index (κ2) is 13.0. The van der Waals surface area contributed by atoms with Crippen molar-refractivity contribution in [2.24, 2.45) is 0 Å². The molecule has 0 aliphatic carbocycles. The van der Waals surface area contributed by atoms with E-state index in [4.69, 9.17) is 14.2 Å². The number of carbonyl (C=O) groups excluding carboxylic acids is 1. The second-order valence-electron chi connectivity index (χ2n) is 8.11. The van der Waals surface area contributed by atoms with Crippen LogP contribution >= 0.6 is 11.3 Å². The fraction of sp³-hybridized carbons (Fsp3) is 0.542. The lowest BCUT2D eigenvalue weighted by Gasteiger charge is -2.37. The lowest BCUT2D eigenvalue weighted by Crippen LogP contribution is -2.48. The summed E-state index contributed by atoms with van der Waals surface area (Å²) in [6.45, 7) is 2.86. The van der Waals surface area contributed by atoms with Crippen molar-refractivity contribution in [3.05, 3.63) is 52.0 Å². The van der Waals surface area contributed by atoms with Crippen molar-refractivity contribution >= 4 is 17.2 Å². The highest BCUT2D eigenvalue weighted by Gasteiger charge is 2.33. The Morgan fingerprint density at radius 2 is 2.06 bits per heavy atom. The normalized spacial score (nSPS) is 16.6. The molecule has 182 valence electrons. The Morgan fingerprint density at radius 3 is 2.79 bits per heavy atom. The topological polar surface area (TPSA) is 71.5 Å². The Kier molecular flexibility index (Phi) is 10.1. The van der Waals surface area contributed by atoms with Gasteiger partial charge in [-0.25, -0.2) is 4.39 Å². The van der Waals surface area contributed by atoms with E-state index in [1.54, 1.807) is 37.7 Å². The molecule has 1 aromatic carbocycles. The average molecular weight is 481 g/mol. The predicted octanol–water partition coefficient (Wildman–Crippen LogP) is 2.74. The van der Waals surface area contributed by atoms with Crippen molar-refractivity contribution in [2.45, 2.75) is 25.0 Å². The smallest absolute Gasteiger partial charge is 0.237 e. The highest BCUT2D eigenvalue weighted by molar-refractivity contribution is 7.10. The number of amides is 1. The molecule has 3 rings (SSSR count). The molecular weight excluding hydrogens is 447 g/mol. The van der Waals surface area contributed by atoms with Gasteiger partial charge in [0, 0.05) is 45.3 Å². The maximum atomic E-state index is 13.4. The molecule has 9 heteroatoms. The van der Waals surface area contributed by atoms with Crippen LogP contribution in [0.1, 0.15) is 22.9 Å². The van der Waals surface area contributed by atoms with E-state index in [0.29, 0.717) is 32.0 Å². The Bertz CT molecular complexity index is 863. The zero-order valence-corrected chi connectivity index (χ0v) is 20.1. The summed E-state index contributed by atoms with van der Waals surface area (Å²) >= 11 is 1.69. The molecule has 0 spiro atoms. The molecule has 33 heavy (non-hydrogen) atoms.